The summed E-state index contributed by atoms with van der Waals surface area (Å²) in [7, 11) is -3.83. The molecular formula is C22H19ClN2O6S. The molecule has 0 aliphatic heterocycles. The number of amides is 1. The Labute approximate surface area is 190 Å². The Hall–Kier alpha value is -3.40. The van der Waals surface area contributed by atoms with Crippen molar-refractivity contribution in [1.29, 1.82) is 0 Å². The van der Waals surface area contributed by atoms with E-state index in [0.717, 1.165) is 5.56 Å². The van der Waals surface area contributed by atoms with Crippen molar-refractivity contribution < 1.29 is 27.5 Å². The number of nitrogens with two attached hydrogens (primary N) is 1. The molecule has 10 heteroatoms. The maximum Gasteiger partial charge on any atom is 0.342 e. The van der Waals surface area contributed by atoms with Crippen molar-refractivity contribution in [3.05, 3.63) is 88.9 Å². The quantitative estimate of drug-likeness (QED) is 0.482. The number of sulfonamides is 1. The number of esters is 1. The van der Waals surface area contributed by atoms with Gasteiger partial charge in [-0.05, 0) is 42.5 Å². The third-order valence-electron chi connectivity index (χ3n) is 4.25. The van der Waals surface area contributed by atoms with Gasteiger partial charge in [0.25, 0.3) is 5.91 Å². The van der Waals surface area contributed by atoms with Crippen molar-refractivity contribution in [2.45, 2.75) is 11.5 Å². The van der Waals surface area contributed by atoms with Gasteiger partial charge < -0.3 is 14.8 Å². The van der Waals surface area contributed by atoms with Crippen molar-refractivity contribution in [3.8, 4) is 5.75 Å². The van der Waals surface area contributed by atoms with Crippen LogP contribution >= 0.6 is 11.6 Å². The first-order valence-electron chi connectivity index (χ1n) is 9.29. The van der Waals surface area contributed by atoms with Crippen LogP contribution < -0.4 is 15.2 Å². The summed E-state index contributed by atoms with van der Waals surface area (Å²) in [6, 6.07) is 18.9. The molecule has 0 aromatic heterocycles. The Kier molecular flexibility index (Phi) is 7.47. The summed E-state index contributed by atoms with van der Waals surface area (Å²) in [4.78, 5) is 24.5. The summed E-state index contributed by atoms with van der Waals surface area (Å²) >= 11 is 6.12. The van der Waals surface area contributed by atoms with Crippen LogP contribution in [0.3, 0.4) is 0 Å². The first-order valence-corrected chi connectivity index (χ1v) is 11.2. The molecular weight excluding hydrogens is 456 g/mol. The normalized spacial score (nSPS) is 10.9. The lowest BCUT2D eigenvalue weighted by molar-refractivity contribution is -0.119. The first kappa shape index (κ1) is 23.3. The molecule has 0 saturated heterocycles. The zero-order valence-electron chi connectivity index (χ0n) is 16.7. The molecule has 0 fully saturated rings. The van der Waals surface area contributed by atoms with Gasteiger partial charge in [0.05, 0.1) is 4.90 Å². The van der Waals surface area contributed by atoms with Crippen molar-refractivity contribution in [2.75, 3.05) is 11.9 Å². The lowest BCUT2D eigenvalue weighted by Gasteiger charge is -2.12. The average Bonchev–Trinajstić information content (AvgIpc) is 2.77. The predicted octanol–water partition coefficient (Wildman–Crippen LogP) is 3.36. The smallest absolute Gasteiger partial charge is 0.342 e. The summed E-state index contributed by atoms with van der Waals surface area (Å²) in [5, 5.41) is 8.07. The number of benzene rings is 3. The van der Waals surface area contributed by atoms with Crippen LogP contribution in [0.4, 0.5) is 5.69 Å². The molecule has 3 rings (SSSR count). The molecule has 0 bridgehead atoms. The topological polar surface area (TPSA) is 125 Å². The van der Waals surface area contributed by atoms with Crippen LogP contribution in [0.15, 0.2) is 77.7 Å². The van der Waals surface area contributed by atoms with E-state index in [1.807, 2.05) is 12.1 Å². The fourth-order valence-electron chi connectivity index (χ4n) is 2.67. The highest BCUT2D eigenvalue weighted by Crippen LogP contribution is 2.22. The number of hydrogen-bond acceptors (Lipinski definition) is 6. The molecule has 0 spiro atoms. The van der Waals surface area contributed by atoms with Gasteiger partial charge in [-0.1, -0.05) is 41.9 Å². The molecule has 3 aromatic rings. The van der Waals surface area contributed by atoms with Crippen LogP contribution in [0.1, 0.15) is 15.9 Å². The van der Waals surface area contributed by atoms with Gasteiger partial charge in [0.2, 0.25) is 10.0 Å². The number of anilines is 1. The Morgan fingerprint density at radius 2 is 1.59 bits per heavy atom. The molecule has 3 N–H and O–H groups in total. The van der Waals surface area contributed by atoms with E-state index in [-0.39, 0.29) is 22.8 Å². The van der Waals surface area contributed by atoms with E-state index >= 15 is 0 Å². The van der Waals surface area contributed by atoms with Crippen LogP contribution in [-0.2, 0) is 26.2 Å². The molecule has 0 atom stereocenters. The zero-order chi connectivity index (χ0) is 23.1. The predicted molar refractivity (Wildman–Crippen MR) is 119 cm³/mol. The van der Waals surface area contributed by atoms with Crippen molar-refractivity contribution in [2.24, 2.45) is 5.14 Å². The Morgan fingerprint density at radius 1 is 0.938 bits per heavy atom. The van der Waals surface area contributed by atoms with Crippen LogP contribution in [-0.4, -0.2) is 26.9 Å². The molecule has 1 amide bonds. The number of carbonyl (C=O) groups is 2. The first-order chi connectivity index (χ1) is 15.2. The molecule has 166 valence electrons. The summed E-state index contributed by atoms with van der Waals surface area (Å²) < 4.78 is 33.3. The maximum atomic E-state index is 12.5. The van der Waals surface area contributed by atoms with Crippen LogP contribution in [0.5, 0.6) is 5.75 Å². The highest BCUT2D eigenvalue weighted by molar-refractivity contribution is 7.89. The third-order valence-corrected chi connectivity index (χ3v) is 5.55. The Bertz CT molecular complexity index is 1230. The molecule has 8 nitrogen and oxygen atoms in total. The lowest BCUT2D eigenvalue weighted by atomic mass is 10.2. The number of para-hydroxylation sites is 1. The average molecular weight is 475 g/mol. The van der Waals surface area contributed by atoms with E-state index in [4.69, 9.17) is 26.2 Å². The molecule has 0 unspecified atom stereocenters. The number of halogens is 1. The zero-order valence-corrected chi connectivity index (χ0v) is 18.2. The summed E-state index contributed by atoms with van der Waals surface area (Å²) in [6.07, 6.45) is 0. The van der Waals surface area contributed by atoms with Gasteiger partial charge >= 0.3 is 5.97 Å². The van der Waals surface area contributed by atoms with E-state index in [9.17, 15) is 18.0 Å². The maximum absolute atomic E-state index is 12.5. The SMILES string of the molecule is NS(=O)(=O)c1ccc(NC(=O)COC(=O)c2ccccc2OCc2ccccc2Cl)cc1. The fourth-order valence-corrected chi connectivity index (χ4v) is 3.37. The monoisotopic (exact) mass is 474 g/mol. The van der Waals surface area contributed by atoms with Crippen LogP contribution in [0, 0.1) is 0 Å². The third kappa shape index (κ3) is 6.30. The fraction of sp³-hybridized carbons (Fsp3) is 0.0909. The Morgan fingerprint density at radius 3 is 2.28 bits per heavy atom. The highest BCUT2D eigenvalue weighted by atomic mass is 35.5. The number of rotatable bonds is 8. The molecule has 0 aliphatic carbocycles. The van der Waals surface area contributed by atoms with Crippen molar-refractivity contribution >= 4 is 39.2 Å². The van der Waals surface area contributed by atoms with Gasteiger partial charge in [0.1, 0.15) is 17.9 Å². The second-order valence-electron chi connectivity index (χ2n) is 6.57. The molecule has 32 heavy (non-hydrogen) atoms. The molecule has 0 aliphatic rings. The molecule has 0 heterocycles. The van der Waals surface area contributed by atoms with Crippen molar-refractivity contribution in [1.82, 2.24) is 0 Å². The van der Waals surface area contributed by atoms with Gasteiger partial charge in [-0.2, -0.15) is 0 Å². The molecule has 0 saturated carbocycles. The van der Waals surface area contributed by atoms with E-state index in [2.05, 4.69) is 5.32 Å². The Balaban J connectivity index is 1.58. The molecule has 3 aromatic carbocycles. The van der Waals surface area contributed by atoms with E-state index in [1.54, 1.807) is 30.3 Å². The van der Waals surface area contributed by atoms with E-state index in [0.29, 0.717) is 10.7 Å². The number of ether oxygens (including phenoxy) is 2. The summed E-state index contributed by atoms with van der Waals surface area (Å²) in [5.41, 5.74) is 1.23. The summed E-state index contributed by atoms with van der Waals surface area (Å²) in [5.74, 6) is -1.05. The van der Waals surface area contributed by atoms with Gasteiger partial charge in [-0.25, -0.2) is 18.4 Å². The van der Waals surface area contributed by atoms with E-state index in [1.165, 1.54) is 30.3 Å². The van der Waals surface area contributed by atoms with Gasteiger partial charge in [-0.3, -0.25) is 4.79 Å². The molecule has 0 radical (unpaired) electrons. The van der Waals surface area contributed by atoms with Gasteiger partial charge in [0.15, 0.2) is 6.61 Å². The van der Waals surface area contributed by atoms with Crippen LogP contribution in [0.25, 0.3) is 0 Å². The second-order valence-corrected chi connectivity index (χ2v) is 8.54. The number of carbonyl (C=O) groups excluding carboxylic acids is 2. The van der Waals surface area contributed by atoms with Gasteiger partial charge in [0, 0.05) is 16.3 Å². The highest BCUT2D eigenvalue weighted by Gasteiger charge is 2.16. The minimum Gasteiger partial charge on any atom is -0.488 e. The standard InChI is InChI=1S/C22H19ClN2O6S/c23-19-7-3-1-5-15(19)13-30-20-8-4-2-6-18(20)22(27)31-14-21(26)25-16-9-11-17(12-10-16)32(24,28)29/h1-12H,13-14H2,(H,25,26)(H2,24,28,29). The van der Waals surface area contributed by atoms with Gasteiger partial charge in [-0.15, -0.1) is 0 Å². The van der Waals surface area contributed by atoms with Crippen molar-refractivity contribution in [3.63, 3.8) is 0 Å². The second kappa shape index (κ2) is 10.3. The number of hydrogen-bond donors (Lipinski definition) is 2. The number of primary sulfonamides is 1. The largest absolute Gasteiger partial charge is 0.488 e. The van der Waals surface area contributed by atoms with E-state index < -0.39 is 28.5 Å². The number of nitrogens with one attached hydrogen (secondary N) is 1. The minimum atomic E-state index is -3.83. The lowest BCUT2D eigenvalue weighted by Crippen LogP contribution is -2.21. The van der Waals surface area contributed by atoms with Crippen LogP contribution in [0.2, 0.25) is 5.02 Å². The summed E-state index contributed by atoms with van der Waals surface area (Å²) in [6.45, 7) is -0.395. The minimum absolute atomic E-state index is 0.0877.